The lowest BCUT2D eigenvalue weighted by Crippen LogP contribution is -2.39. The number of hydrogen-bond donors (Lipinski definition) is 1. The van der Waals surface area contributed by atoms with E-state index >= 15 is 0 Å². The molecular weight excluding hydrogens is 288 g/mol. The lowest BCUT2D eigenvalue weighted by atomic mass is 10.2. The molecule has 0 fully saturated rings. The van der Waals surface area contributed by atoms with E-state index in [1.54, 1.807) is 18.3 Å². The molecule has 0 bridgehead atoms. The molecule has 0 spiro atoms. The molecule has 0 aliphatic heterocycles. The minimum absolute atomic E-state index is 0.167. The Hall–Kier alpha value is -2.28. The Labute approximate surface area is 126 Å². The molecule has 0 aliphatic rings. The molecule has 0 amide bonds. The van der Waals surface area contributed by atoms with E-state index in [0.717, 1.165) is 12.0 Å². The molecule has 2 heterocycles. The number of pyridine rings is 1. The van der Waals surface area contributed by atoms with E-state index in [-0.39, 0.29) is 22.8 Å². The number of nitrogens with zero attached hydrogens (tertiary/aromatic N) is 3. The zero-order chi connectivity index (χ0) is 15.4. The molecule has 0 aliphatic carbocycles. The molecule has 0 saturated heterocycles. The van der Waals surface area contributed by atoms with Crippen molar-refractivity contribution in [2.45, 2.75) is 26.4 Å². The largest absolute Gasteiger partial charge is 0.388 e. The van der Waals surface area contributed by atoms with Crippen LogP contribution in [0.5, 0.6) is 0 Å². The maximum atomic E-state index is 12.3. The summed E-state index contributed by atoms with van der Waals surface area (Å²) in [5.74, 6) is 0. The minimum Gasteiger partial charge on any atom is -0.388 e. The molecule has 0 aromatic carbocycles. The lowest BCUT2D eigenvalue weighted by Gasteiger charge is -2.09. The Bertz CT molecular complexity index is 779. The van der Waals surface area contributed by atoms with Crippen molar-refractivity contribution >= 4 is 17.2 Å². The summed E-state index contributed by atoms with van der Waals surface area (Å²) in [5.41, 5.74) is 6.10. The van der Waals surface area contributed by atoms with Gasteiger partial charge in [0, 0.05) is 25.0 Å². The van der Waals surface area contributed by atoms with Crippen LogP contribution in [0, 0.1) is 0 Å². The van der Waals surface area contributed by atoms with Crippen molar-refractivity contribution in [2.75, 3.05) is 0 Å². The molecule has 0 unspecified atom stereocenters. The third kappa shape index (κ3) is 3.43. The normalized spacial score (nSPS) is 10.5. The first kappa shape index (κ1) is 15.1. The van der Waals surface area contributed by atoms with Crippen molar-refractivity contribution < 1.29 is 0 Å². The van der Waals surface area contributed by atoms with Gasteiger partial charge in [0.25, 0.3) is 5.56 Å². The van der Waals surface area contributed by atoms with Crippen LogP contribution in [-0.4, -0.2) is 19.1 Å². The van der Waals surface area contributed by atoms with E-state index in [2.05, 4.69) is 4.98 Å². The van der Waals surface area contributed by atoms with Crippen molar-refractivity contribution in [1.29, 1.82) is 0 Å². The fraction of sp³-hybridized carbons (Fsp3) is 0.286. The summed E-state index contributed by atoms with van der Waals surface area (Å²) in [6.07, 6.45) is 3.90. The van der Waals surface area contributed by atoms with Gasteiger partial charge in [-0.1, -0.05) is 19.1 Å². The van der Waals surface area contributed by atoms with Crippen LogP contribution in [0.3, 0.4) is 0 Å². The van der Waals surface area contributed by atoms with E-state index in [0.29, 0.717) is 12.2 Å². The molecule has 2 N–H and O–H groups in total. The first-order valence-corrected chi connectivity index (χ1v) is 6.98. The highest BCUT2D eigenvalue weighted by Gasteiger charge is 2.07. The lowest BCUT2D eigenvalue weighted by molar-refractivity contribution is 0.570. The van der Waals surface area contributed by atoms with Crippen LogP contribution >= 0.6 is 12.2 Å². The molecule has 0 atom stereocenters. The summed E-state index contributed by atoms with van der Waals surface area (Å²) in [7, 11) is 0. The van der Waals surface area contributed by atoms with E-state index in [4.69, 9.17) is 18.0 Å². The Morgan fingerprint density at radius 2 is 2.14 bits per heavy atom. The molecule has 0 saturated carbocycles. The highest BCUT2D eigenvalue weighted by atomic mass is 32.1. The van der Waals surface area contributed by atoms with Gasteiger partial charge in [-0.3, -0.25) is 14.3 Å². The number of nitrogens with two attached hydrogens (primary N) is 1. The smallest absolute Gasteiger partial charge is 0.331 e. The monoisotopic (exact) mass is 304 g/mol. The molecule has 6 nitrogen and oxygen atoms in total. The van der Waals surface area contributed by atoms with E-state index in [1.807, 2.05) is 6.92 Å². The third-order valence-electron chi connectivity index (χ3n) is 3.02. The quantitative estimate of drug-likeness (QED) is 0.813. The van der Waals surface area contributed by atoms with Gasteiger partial charge < -0.3 is 10.3 Å². The summed E-state index contributed by atoms with van der Waals surface area (Å²) in [4.78, 5) is 28.4. The van der Waals surface area contributed by atoms with E-state index in [1.165, 1.54) is 21.4 Å². The highest BCUT2D eigenvalue weighted by Crippen LogP contribution is 2.02. The Kier molecular flexibility index (Phi) is 4.64. The Morgan fingerprint density at radius 1 is 1.38 bits per heavy atom. The van der Waals surface area contributed by atoms with E-state index in [9.17, 15) is 9.59 Å². The topological polar surface area (TPSA) is 82.9 Å². The zero-order valence-corrected chi connectivity index (χ0v) is 12.5. The fourth-order valence-corrected chi connectivity index (χ4v) is 2.12. The van der Waals surface area contributed by atoms with Gasteiger partial charge in [0.05, 0.1) is 12.2 Å². The fourth-order valence-electron chi connectivity index (χ4n) is 2.00. The van der Waals surface area contributed by atoms with Crippen molar-refractivity contribution in [3.8, 4) is 0 Å². The van der Waals surface area contributed by atoms with Crippen LogP contribution < -0.4 is 17.0 Å². The highest BCUT2D eigenvalue weighted by molar-refractivity contribution is 7.80. The summed E-state index contributed by atoms with van der Waals surface area (Å²) < 4.78 is 2.71. The molecule has 110 valence electrons. The van der Waals surface area contributed by atoms with Gasteiger partial charge in [-0.2, -0.15) is 0 Å². The van der Waals surface area contributed by atoms with Gasteiger partial charge in [0.2, 0.25) is 0 Å². The van der Waals surface area contributed by atoms with Crippen LogP contribution in [0.4, 0.5) is 0 Å². The van der Waals surface area contributed by atoms with Crippen LogP contribution in [0.1, 0.15) is 24.6 Å². The molecule has 0 radical (unpaired) electrons. The molecule has 21 heavy (non-hydrogen) atoms. The first-order chi connectivity index (χ1) is 10.0. The molecular formula is C14H16N4O2S. The van der Waals surface area contributed by atoms with Crippen molar-refractivity contribution in [2.24, 2.45) is 5.73 Å². The molecule has 2 aromatic rings. The van der Waals surface area contributed by atoms with Gasteiger partial charge in [-0.25, -0.2) is 4.79 Å². The average Bonchev–Trinajstić information content (AvgIpc) is 2.47. The van der Waals surface area contributed by atoms with Crippen LogP contribution in [-0.2, 0) is 13.1 Å². The number of aryl methyl sites for hydroxylation is 1. The van der Waals surface area contributed by atoms with Gasteiger partial charge in [0.15, 0.2) is 0 Å². The second-order valence-electron chi connectivity index (χ2n) is 4.63. The number of thiocarbonyl (C=S) groups is 1. The maximum Gasteiger partial charge on any atom is 0.331 e. The van der Waals surface area contributed by atoms with Crippen LogP contribution in [0.15, 0.2) is 40.2 Å². The van der Waals surface area contributed by atoms with Crippen molar-refractivity contribution in [1.82, 2.24) is 14.1 Å². The zero-order valence-electron chi connectivity index (χ0n) is 11.7. The first-order valence-electron chi connectivity index (χ1n) is 6.58. The van der Waals surface area contributed by atoms with Gasteiger partial charge in [-0.05, 0) is 24.1 Å². The minimum atomic E-state index is -0.332. The van der Waals surface area contributed by atoms with Crippen molar-refractivity contribution in [3.05, 3.63) is 62.7 Å². The SMILES string of the molecule is CCCn1ccc(=O)n(Cc2ccnc(C(N)=S)c2)c1=O. The second-order valence-corrected chi connectivity index (χ2v) is 5.07. The number of aromatic nitrogens is 3. The van der Waals surface area contributed by atoms with Gasteiger partial charge in [-0.15, -0.1) is 0 Å². The molecule has 2 rings (SSSR count). The number of hydrogen-bond acceptors (Lipinski definition) is 4. The standard InChI is InChI=1S/C14H16N4O2S/c1-2-6-17-7-4-12(19)18(14(17)20)9-10-3-5-16-11(8-10)13(15)21/h3-5,7-8H,2,6,9H2,1H3,(H2,15,21). The number of rotatable bonds is 5. The molecule has 2 aromatic heterocycles. The second kappa shape index (κ2) is 6.45. The summed E-state index contributed by atoms with van der Waals surface area (Å²) in [6, 6.07) is 4.81. The summed E-state index contributed by atoms with van der Waals surface area (Å²) in [5, 5.41) is 0. The summed E-state index contributed by atoms with van der Waals surface area (Å²) in [6.45, 7) is 2.72. The van der Waals surface area contributed by atoms with Crippen LogP contribution in [0.25, 0.3) is 0 Å². The average molecular weight is 304 g/mol. The Morgan fingerprint density at radius 3 is 2.81 bits per heavy atom. The van der Waals surface area contributed by atoms with Crippen LogP contribution in [0.2, 0.25) is 0 Å². The Balaban J connectivity index is 2.42. The third-order valence-corrected chi connectivity index (χ3v) is 3.23. The predicted molar refractivity (Wildman–Crippen MR) is 84.5 cm³/mol. The van der Waals surface area contributed by atoms with E-state index < -0.39 is 0 Å². The van der Waals surface area contributed by atoms with Gasteiger partial charge in [0.1, 0.15) is 4.99 Å². The maximum absolute atomic E-state index is 12.3. The predicted octanol–water partition coefficient (Wildman–Crippen LogP) is 0.498. The molecule has 7 heteroatoms. The van der Waals surface area contributed by atoms with Gasteiger partial charge >= 0.3 is 5.69 Å². The van der Waals surface area contributed by atoms with Crippen molar-refractivity contribution in [3.63, 3.8) is 0 Å². The summed E-state index contributed by atoms with van der Waals surface area (Å²) >= 11 is 4.87.